The highest BCUT2D eigenvalue weighted by Crippen LogP contribution is 2.45. The predicted octanol–water partition coefficient (Wildman–Crippen LogP) is 4.23. The number of rotatable bonds is 0. The molecule has 0 amide bonds. The standard InChI is InChI=1S/C14H20/c1-2-6-12-10-14-8-4-3-7-13(14)9-11(12)5-1/h1-2,11-12H,3-10H2/t11-,12+. The van der Waals surface area contributed by atoms with Crippen LogP contribution >= 0.6 is 0 Å². The summed E-state index contributed by atoms with van der Waals surface area (Å²) in [7, 11) is 0. The molecule has 0 heterocycles. The van der Waals surface area contributed by atoms with Crippen LogP contribution in [0.25, 0.3) is 0 Å². The fraction of sp³-hybridized carbons (Fsp3) is 0.714. The summed E-state index contributed by atoms with van der Waals surface area (Å²) in [4.78, 5) is 0. The second-order valence-electron chi connectivity index (χ2n) is 5.29. The summed E-state index contributed by atoms with van der Waals surface area (Å²) in [5.41, 5.74) is 3.74. The van der Waals surface area contributed by atoms with Crippen molar-refractivity contribution in [3.8, 4) is 0 Å². The van der Waals surface area contributed by atoms with Crippen molar-refractivity contribution < 1.29 is 0 Å². The molecule has 3 rings (SSSR count). The lowest BCUT2D eigenvalue weighted by molar-refractivity contribution is 0.285. The van der Waals surface area contributed by atoms with Crippen LogP contribution in [0.15, 0.2) is 23.3 Å². The highest BCUT2D eigenvalue weighted by atomic mass is 14.4. The molecule has 0 radical (unpaired) electrons. The van der Waals surface area contributed by atoms with Gasteiger partial charge in [0.1, 0.15) is 0 Å². The van der Waals surface area contributed by atoms with E-state index in [2.05, 4.69) is 12.2 Å². The lowest BCUT2D eigenvalue weighted by atomic mass is 9.68. The minimum absolute atomic E-state index is 1.01. The zero-order chi connectivity index (χ0) is 9.38. The van der Waals surface area contributed by atoms with E-state index in [0.29, 0.717) is 0 Å². The maximum absolute atomic E-state index is 2.41. The Morgan fingerprint density at radius 1 is 0.786 bits per heavy atom. The zero-order valence-corrected chi connectivity index (χ0v) is 8.97. The van der Waals surface area contributed by atoms with Gasteiger partial charge in [0.25, 0.3) is 0 Å². The van der Waals surface area contributed by atoms with E-state index in [1.54, 1.807) is 0 Å². The maximum Gasteiger partial charge on any atom is -0.0283 e. The number of allylic oxidation sites excluding steroid dienone is 4. The normalized spacial score (nSPS) is 36.6. The van der Waals surface area contributed by atoms with Crippen LogP contribution in [0.3, 0.4) is 0 Å². The Hall–Kier alpha value is -0.520. The van der Waals surface area contributed by atoms with Crippen LogP contribution in [0.4, 0.5) is 0 Å². The van der Waals surface area contributed by atoms with Crippen LogP contribution in [0.5, 0.6) is 0 Å². The van der Waals surface area contributed by atoms with Crippen LogP contribution in [-0.4, -0.2) is 0 Å². The van der Waals surface area contributed by atoms with Gasteiger partial charge in [0.15, 0.2) is 0 Å². The van der Waals surface area contributed by atoms with Crippen molar-refractivity contribution in [3.63, 3.8) is 0 Å². The Morgan fingerprint density at radius 3 is 1.79 bits per heavy atom. The molecule has 0 N–H and O–H groups in total. The lowest BCUT2D eigenvalue weighted by Crippen LogP contribution is -2.24. The molecule has 0 spiro atoms. The molecule has 0 saturated heterocycles. The molecule has 14 heavy (non-hydrogen) atoms. The quantitative estimate of drug-likeness (QED) is 0.499. The average Bonchev–Trinajstić information content (AvgIpc) is 2.26. The van der Waals surface area contributed by atoms with Crippen molar-refractivity contribution in [2.75, 3.05) is 0 Å². The molecule has 0 aromatic carbocycles. The fourth-order valence-corrected chi connectivity index (χ4v) is 3.58. The van der Waals surface area contributed by atoms with E-state index in [4.69, 9.17) is 0 Å². The van der Waals surface area contributed by atoms with E-state index < -0.39 is 0 Å². The summed E-state index contributed by atoms with van der Waals surface area (Å²) in [6, 6.07) is 0. The van der Waals surface area contributed by atoms with E-state index in [1.165, 1.54) is 51.4 Å². The van der Waals surface area contributed by atoms with Crippen LogP contribution in [0.2, 0.25) is 0 Å². The topological polar surface area (TPSA) is 0 Å². The number of fused-ring (bicyclic) bond motifs is 1. The van der Waals surface area contributed by atoms with Crippen molar-refractivity contribution in [1.29, 1.82) is 0 Å². The molecule has 76 valence electrons. The van der Waals surface area contributed by atoms with Gasteiger partial charge in [0.05, 0.1) is 0 Å². The third-order valence-corrected chi connectivity index (χ3v) is 4.44. The Labute approximate surface area is 87.1 Å². The van der Waals surface area contributed by atoms with Gasteiger partial charge in [-0.05, 0) is 63.2 Å². The minimum Gasteiger partial charge on any atom is -0.0882 e. The Balaban J connectivity index is 1.82. The summed E-state index contributed by atoms with van der Waals surface area (Å²) >= 11 is 0. The van der Waals surface area contributed by atoms with E-state index in [9.17, 15) is 0 Å². The van der Waals surface area contributed by atoms with Crippen molar-refractivity contribution in [2.45, 2.75) is 51.4 Å². The van der Waals surface area contributed by atoms with Gasteiger partial charge in [-0.15, -0.1) is 0 Å². The van der Waals surface area contributed by atoms with Crippen LogP contribution < -0.4 is 0 Å². The van der Waals surface area contributed by atoms with Gasteiger partial charge in [-0.1, -0.05) is 23.3 Å². The van der Waals surface area contributed by atoms with E-state index in [-0.39, 0.29) is 0 Å². The van der Waals surface area contributed by atoms with E-state index in [0.717, 1.165) is 11.8 Å². The zero-order valence-electron chi connectivity index (χ0n) is 8.97. The largest absolute Gasteiger partial charge is 0.0882 e. The second kappa shape index (κ2) is 3.56. The summed E-state index contributed by atoms with van der Waals surface area (Å²) in [6.07, 6.45) is 16.2. The molecule has 0 nitrogen and oxygen atoms in total. The van der Waals surface area contributed by atoms with Crippen molar-refractivity contribution in [1.82, 2.24) is 0 Å². The Morgan fingerprint density at radius 2 is 1.29 bits per heavy atom. The summed E-state index contributed by atoms with van der Waals surface area (Å²) in [5.74, 6) is 2.02. The third kappa shape index (κ3) is 1.45. The molecular formula is C14H20. The second-order valence-corrected chi connectivity index (χ2v) is 5.29. The first kappa shape index (κ1) is 8.76. The monoisotopic (exact) mass is 188 g/mol. The molecule has 2 atom stereocenters. The molecule has 0 aromatic heterocycles. The Bertz CT molecular complexity index is 254. The molecule has 0 aliphatic heterocycles. The van der Waals surface area contributed by atoms with E-state index >= 15 is 0 Å². The van der Waals surface area contributed by atoms with Crippen LogP contribution in [0.1, 0.15) is 51.4 Å². The highest BCUT2D eigenvalue weighted by molar-refractivity contribution is 5.23. The molecule has 0 heteroatoms. The Kier molecular flexibility index (Phi) is 2.23. The van der Waals surface area contributed by atoms with Crippen LogP contribution in [-0.2, 0) is 0 Å². The SMILES string of the molecule is C1=CC[C@H]2CC3=C(CCCC3)C[C@H]2C1. The van der Waals surface area contributed by atoms with E-state index in [1.807, 2.05) is 11.1 Å². The first-order valence-corrected chi connectivity index (χ1v) is 6.28. The molecule has 0 fully saturated rings. The van der Waals surface area contributed by atoms with Gasteiger partial charge in [0.2, 0.25) is 0 Å². The van der Waals surface area contributed by atoms with Gasteiger partial charge in [-0.25, -0.2) is 0 Å². The lowest BCUT2D eigenvalue weighted by Gasteiger charge is -2.37. The molecule has 3 aliphatic carbocycles. The predicted molar refractivity (Wildman–Crippen MR) is 60.1 cm³/mol. The van der Waals surface area contributed by atoms with Gasteiger partial charge < -0.3 is 0 Å². The van der Waals surface area contributed by atoms with Gasteiger partial charge in [0, 0.05) is 0 Å². The first-order valence-electron chi connectivity index (χ1n) is 6.28. The summed E-state index contributed by atoms with van der Waals surface area (Å²) in [5, 5.41) is 0. The number of hydrogen-bond donors (Lipinski definition) is 0. The smallest absolute Gasteiger partial charge is 0.0283 e. The fourth-order valence-electron chi connectivity index (χ4n) is 3.58. The van der Waals surface area contributed by atoms with Crippen molar-refractivity contribution >= 4 is 0 Å². The summed E-state index contributed by atoms with van der Waals surface area (Å²) in [6.45, 7) is 0. The molecule has 0 saturated carbocycles. The van der Waals surface area contributed by atoms with Crippen molar-refractivity contribution in [3.05, 3.63) is 23.3 Å². The minimum atomic E-state index is 1.01. The highest BCUT2D eigenvalue weighted by Gasteiger charge is 2.30. The number of hydrogen-bond acceptors (Lipinski definition) is 0. The van der Waals surface area contributed by atoms with Crippen LogP contribution in [0, 0.1) is 11.8 Å². The molecular weight excluding hydrogens is 168 g/mol. The summed E-state index contributed by atoms with van der Waals surface area (Å²) < 4.78 is 0. The average molecular weight is 188 g/mol. The molecule has 0 bridgehead atoms. The third-order valence-electron chi connectivity index (χ3n) is 4.44. The maximum atomic E-state index is 2.41. The molecule has 0 unspecified atom stereocenters. The molecule has 0 aromatic rings. The van der Waals surface area contributed by atoms with Gasteiger partial charge in [-0.2, -0.15) is 0 Å². The van der Waals surface area contributed by atoms with Gasteiger partial charge >= 0.3 is 0 Å². The first-order chi connectivity index (χ1) is 6.93. The molecule has 3 aliphatic rings. The van der Waals surface area contributed by atoms with Gasteiger partial charge in [-0.3, -0.25) is 0 Å². The van der Waals surface area contributed by atoms with Crippen molar-refractivity contribution in [2.24, 2.45) is 11.8 Å².